The van der Waals surface area contributed by atoms with Crippen molar-refractivity contribution in [2.45, 2.75) is 4.90 Å². The van der Waals surface area contributed by atoms with Crippen LogP contribution in [0.2, 0.25) is 0 Å². The number of carbonyl (C=O) groups is 1. The monoisotopic (exact) mass is 382 g/mol. The van der Waals surface area contributed by atoms with Crippen LogP contribution in [0.5, 0.6) is 0 Å². The van der Waals surface area contributed by atoms with Gasteiger partial charge in [-0.15, -0.1) is 4.40 Å². The lowest BCUT2D eigenvalue weighted by atomic mass is 10.3. The van der Waals surface area contributed by atoms with Gasteiger partial charge < -0.3 is 10.4 Å². The van der Waals surface area contributed by atoms with E-state index in [1.54, 1.807) is 6.07 Å². The molecule has 0 fully saturated rings. The summed E-state index contributed by atoms with van der Waals surface area (Å²) in [4.78, 5) is 10.7. The van der Waals surface area contributed by atoms with E-state index in [4.69, 9.17) is 5.11 Å². The second-order valence-electron chi connectivity index (χ2n) is 3.11. The van der Waals surface area contributed by atoms with Crippen molar-refractivity contribution in [3.63, 3.8) is 0 Å². The predicted octanol–water partition coefficient (Wildman–Crippen LogP) is 1.81. The number of anilines is 1. The third-order valence-corrected chi connectivity index (χ3v) is 4.66. The van der Waals surface area contributed by atoms with Gasteiger partial charge in [-0.05, 0) is 28.1 Å². The molecule has 6 nitrogen and oxygen atoms in total. The second kappa shape index (κ2) is 4.07. The first-order chi connectivity index (χ1) is 7.81. The van der Waals surface area contributed by atoms with Crippen LogP contribution < -0.4 is 5.32 Å². The van der Waals surface area contributed by atoms with E-state index >= 15 is 0 Å². The van der Waals surface area contributed by atoms with Crippen molar-refractivity contribution in [2.24, 2.45) is 4.40 Å². The Balaban J connectivity index is 2.74. The zero-order valence-corrected chi connectivity index (χ0v) is 11.9. The highest BCUT2D eigenvalue weighted by Crippen LogP contribution is 2.36. The van der Waals surface area contributed by atoms with Gasteiger partial charge in [0.2, 0.25) is 5.84 Å². The maximum absolute atomic E-state index is 11.8. The summed E-state index contributed by atoms with van der Waals surface area (Å²) in [5, 5.41) is 11.2. The molecule has 17 heavy (non-hydrogen) atoms. The number of rotatable bonds is 1. The molecule has 9 heteroatoms. The third-order valence-electron chi connectivity index (χ3n) is 1.93. The van der Waals surface area contributed by atoms with Crippen LogP contribution in [0.3, 0.4) is 0 Å². The minimum atomic E-state index is -4.01. The number of aliphatic carboxylic acids is 1. The molecule has 0 radical (unpaired) electrons. The van der Waals surface area contributed by atoms with Gasteiger partial charge in [-0.25, -0.2) is 4.79 Å². The number of carboxylic acids is 1. The number of amidine groups is 1. The summed E-state index contributed by atoms with van der Waals surface area (Å²) in [6.45, 7) is 0. The van der Waals surface area contributed by atoms with Gasteiger partial charge in [-0.1, -0.05) is 15.9 Å². The summed E-state index contributed by atoms with van der Waals surface area (Å²) in [5.74, 6) is -2.06. The van der Waals surface area contributed by atoms with E-state index in [1.807, 2.05) is 0 Å². The molecule has 0 aliphatic carbocycles. The lowest BCUT2D eigenvalue weighted by Crippen LogP contribution is -2.28. The van der Waals surface area contributed by atoms with Gasteiger partial charge in [-0.3, -0.25) is 0 Å². The van der Waals surface area contributed by atoms with Crippen LogP contribution in [-0.4, -0.2) is 25.3 Å². The topological polar surface area (TPSA) is 95.8 Å². The van der Waals surface area contributed by atoms with Gasteiger partial charge in [0.25, 0.3) is 10.0 Å². The second-order valence-corrected chi connectivity index (χ2v) is 6.42. The summed E-state index contributed by atoms with van der Waals surface area (Å²) in [6.07, 6.45) is 0. The molecule has 0 amide bonds. The fourth-order valence-corrected chi connectivity index (χ4v) is 4.31. The molecule has 1 heterocycles. The average molecular weight is 384 g/mol. The first-order valence-corrected chi connectivity index (χ1v) is 7.18. The molecule has 1 aliphatic rings. The summed E-state index contributed by atoms with van der Waals surface area (Å²) in [6, 6.07) is 3.01. The van der Waals surface area contributed by atoms with Gasteiger partial charge in [-0.2, -0.15) is 8.42 Å². The van der Waals surface area contributed by atoms with Crippen LogP contribution in [-0.2, 0) is 14.8 Å². The average Bonchev–Trinajstić information content (AvgIpc) is 2.13. The standard InChI is InChI=1S/C8H4Br2N2O4S/c9-3-1-4(10)6-5(2-3)11-7(8(13)14)12-17(6,15)16/h1-2H,(H,11,12)(H,13,14). The van der Waals surface area contributed by atoms with Crippen LogP contribution in [0.25, 0.3) is 0 Å². The Morgan fingerprint density at radius 1 is 1.35 bits per heavy atom. The Hall–Kier alpha value is -0.930. The van der Waals surface area contributed by atoms with Gasteiger partial charge >= 0.3 is 5.97 Å². The SMILES string of the molecule is O=C(O)C1=NS(=O)(=O)c2c(Br)cc(Br)cc2N1. The lowest BCUT2D eigenvalue weighted by Gasteiger charge is -2.17. The van der Waals surface area contributed by atoms with E-state index in [1.165, 1.54) is 6.07 Å². The van der Waals surface area contributed by atoms with E-state index in [9.17, 15) is 13.2 Å². The highest BCUT2D eigenvalue weighted by Gasteiger charge is 2.30. The van der Waals surface area contributed by atoms with Crippen molar-refractivity contribution in [2.75, 3.05) is 5.32 Å². The van der Waals surface area contributed by atoms with Crippen molar-refractivity contribution < 1.29 is 18.3 Å². The smallest absolute Gasteiger partial charge is 0.372 e. The molecule has 0 bridgehead atoms. The van der Waals surface area contributed by atoms with E-state index in [2.05, 4.69) is 41.6 Å². The third kappa shape index (κ3) is 2.22. The maximum atomic E-state index is 11.8. The molecule has 90 valence electrons. The van der Waals surface area contributed by atoms with E-state index in [-0.39, 0.29) is 10.6 Å². The summed E-state index contributed by atoms with van der Waals surface area (Å²) in [7, 11) is -4.01. The molecule has 0 aromatic heterocycles. The number of fused-ring (bicyclic) bond motifs is 1. The zero-order chi connectivity index (χ0) is 12.8. The van der Waals surface area contributed by atoms with Crippen LogP contribution >= 0.6 is 31.9 Å². The highest BCUT2D eigenvalue weighted by molar-refractivity contribution is 9.11. The first kappa shape index (κ1) is 12.5. The number of carboxylic acid groups (broad SMARTS) is 1. The minimum absolute atomic E-state index is 0.0781. The Labute approximate surface area is 113 Å². The normalized spacial score (nSPS) is 16.7. The van der Waals surface area contributed by atoms with E-state index in [0.717, 1.165) is 0 Å². The van der Waals surface area contributed by atoms with Crippen molar-refractivity contribution in [3.05, 3.63) is 21.1 Å². The Morgan fingerprint density at radius 2 is 2.00 bits per heavy atom. The molecule has 0 saturated heterocycles. The fraction of sp³-hybridized carbons (Fsp3) is 0. The Morgan fingerprint density at radius 3 is 2.59 bits per heavy atom. The van der Waals surface area contributed by atoms with E-state index in [0.29, 0.717) is 8.95 Å². The number of nitrogens with zero attached hydrogens (tertiary/aromatic N) is 1. The molecule has 1 aliphatic heterocycles. The van der Waals surface area contributed by atoms with Gasteiger partial charge in [0, 0.05) is 8.95 Å². The molecule has 2 N–H and O–H groups in total. The summed E-state index contributed by atoms with van der Waals surface area (Å²) in [5.41, 5.74) is 0.165. The van der Waals surface area contributed by atoms with Crippen LogP contribution in [0.1, 0.15) is 0 Å². The molecule has 2 rings (SSSR count). The molecule has 1 aromatic rings. The largest absolute Gasteiger partial charge is 0.475 e. The minimum Gasteiger partial charge on any atom is -0.475 e. The van der Waals surface area contributed by atoms with Crippen molar-refractivity contribution in [3.8, 4) is 0 Å². The fourth-order valence-electron chi connectivity index (χ4n) is 1.32. The Bertz CT molecular complexity index is 654. The summed E-state index contributed by atoms with van der Waals surface area (Å²) < 4.78 is 27.7. The molecule has 1 aromatic carbocycles. The number of hydrogen-bond donors (Lipinski definition) is 2. The number of benzene rings is 1. The quantitative estimate of drug-likeness (QED) is 0.770. The van der Waals surface area contributed by atoms with Crippen LogP contribution in [0.15, 0.2) is 30.4 Å². The maximum Gasteiger partial charge on any atom is 0.372 e. The van der Waals surface area contributed by atoms with Crippen LogP contribution in [0, 0.1) is 0 Å². The molecule has 0 spiro atoms. The Kier molecular flexibility index (Phi) is 3.00. The molecule has 0 unspecified atom stereocenters. The number of nitrogens with one attached hydrogen (secondary N) is 1. The van der Waals surface area contributed by atoms with Gasteiger partial charge in [0.15, 0.2) is 0 Å². The predicted molar refractivity (Wildman–Crippen MR) is 67.7 cm³/mol. The van der Waals surface area contributed by atoms with E-state index < -0.39 is 21.8 Å². The van der Waals surface area contributed by atoms with Gasteiger partial charge in [0.05, 0.1) is 5.69 Å². The number of sulfonamides is 1. The summed E-state index contributed by atoms with van der Waals surface area (Å²) >= 11 is 6.28. The molecular weight excluding hydrogens is 380 g/mol. The zero-order valence-electron chi connectivity index (χ0n) is 7.94. The van der Waals surface area contributed by atoms with Crippen molar-refractivity contribution >= 4 is 59.4 Å². The molecular formula is C8H4Br2N2O4S. The number of hydrogen-bond acceptors (Lipinski definition) is 4. The first-order valence-electron chi connectivity index (χ1n) is 4.15. The van der Waals surface area contributed by atoms with Crippen molar-refractivity contribution in [1.29, 1.82) is 0 Å². The lowest BCUT2D eigenvalue weighted by molar-refractivity contribution is -0.129. The highest BCUT2D eigenvalue weighted by atomic mass is 79.9. The molecule has 0 atom stereocenters. The van der Waals surface area contributed by atoms with Crippen molar-refractivity contribution in [1.82, 2.24) is 0 Å². The van der Waals surface area contributed by atoms with Gasteiger partial charge in [0.1, 0.15) is 4.90 Å². The van der Waals surface area contributed by atoms with Crippen LogP contribution in [0.4, 0.5) is 5.69 Å². The number of halogens is 2. The molecule has 0 saturated carbocycles.